The highest BCUT2D eigenvalue weighted by atomic mass is 16.3. The number of hydrogen-bond acceptors (Lipinski definition) is 2. The number of nitrogens with zero attached hydrogens (tertiary/aromatic N) is 3. The van der Waals surface area contributed by atoms with Gasteiger partial charge in [-0.3, -0.25) is 0 Å². The highest BCUT2D eigenvalue weighted by Crippen LogP contribution is 2.42. The molecule has 0 aliphatic rings. The normalized spacial score (nSPS) is 11.8. The number of nitriles is 1. The van der Waals surface area contributed by atoms with E-state index < -0.39 is 0 Å². The van der Waals surface area contributed by atoms with Crippen LogP contribution in [0.2, 0.25) is 0 Å². The summed E-state index contributed by atoms with van der Waals surface area (Å²) in [6.45, 7) is 0. The number of rotatable bonds is 3. The second-order valence-corrected chi connectivity index (χ2v) is 12.1. The molecule has 0 unspecified atom stereocenters. The van der Waals surface area contributed by atoms with Gasteiger partial charge in [-0.05, 0) is 83.9 Å². The van der Waals surface area contributed by atoms with Crippen molar-refractivity contribution in [2.45, 2.75) is 0 Å². The van der Waals surface area contributed by atoms with Crippen LogP contribution in [-0.4, -0.2) is 9.13 Å². The molecule has 4 nitrogen and oxygen atoms in total. The molecule has 0 fully saturated rings. The van der Waals surface area contributed by atoms with E-state index in [2.05, 4.69) is 137 Å². The lowest BCUT2D eigenvalue weighted by atomic mass is 10.0. The van der Waals surface area contributed by atoms with Crippen LogP contribution >= 0.6 is 0 Å². The molecular weight excluding hydrogens is 574 g/mol. The summed E-state index contributed by atoms with van der Waals surface area (Å²) in [5.41, 5.74) is 11.3. The molecule has 218 valence electrons. The quantitative estimate of drug-likeness (QED) is 0.203. The second kappa shape index (κ2) is 9.71. The summed E-state index contributed by atoms with van der Waals surface area (Å²) in [5, 5.41) is 16.6. The highest BCUT2D eigenvalue weighted by Gasteiger charge is 2.19. The standard InChI is InChI=1S/C43H25N3O/c44-26-27-19-20-38-35(23-27)42-39(21-22-41-43(42)34-15-3-6-18-40(34)47-41)46(38)31-12-8-10-29(25-31)28-9-7-11-30(24-28)45-36-16-4-1-13-32(36)33-14-2-5-17-37(33)45/h1-25H. The molecule has 10 aromatic rings. The fourth-order valence-corrected chi connectivity index (χ4v) is 7.52. The minimum atomic E-state index is 0.636. The molecule has 0 saturated heterocycles. The Morgan fingerprint density at radius 1 is 0.426 bits per heavy atom. The van der Waals surface area contributed by atoms with E-state index in [4.69, 9.17) is 4.42 Å². The summed E-state index contributed by atoms with van der Waals surface area (Å²) in [5.74, 6) is 0. The molecule has 3 aromatic heterocycles. The zero-order chi connectivity index (χ0) is 31.1. The number of benzene rings is 7. The van der Waals surface area contributed by atoms with Crippen molar-refractivity contribution in [3.05, 3.63) is 157 Å². The Morgan fingerprint density at radius 3 is 1.68 bits per heavy atom. The molecule has 4 heteroatoms. The van der Waals surface area contributed by atoms with E-state index in [0.717, 1.165) is 66.2 Å². The number of fused-ring (bicyclic) bond motifs is 10. The Bertz CT molecular complexity index is 2880. The molecule has 0 saturated carbocycles. The maximum Gasteiger partial charge on any atom is 0.136 e. The SMILES string of the molecule is N#Cc1ccc2c(c1)c1c3c(ccc1n2-c1cccc(-c2cccc(-n4c5ccccc5c5ccccc54)c2)c1)oc1ccccc13. The first-order valence-corrected chi connectivity index (χ1v) is 15.7. The van der Waals surface area contributed by atoms with Crippen LogP contribution in [0.4, 0.5) is 0 Å². The smallest absolute Gasteiger partial charge is 0.136 e. The van der Waals surface area contributed by atoms with Crippen molar-refractivity contribution >= 4 is 65.6 Å². The van der Waals surface area contributed by atoms with Crippen LogP contribution in [0, 0.1) is 11.3 Å². The summed E-state index contributed by atoms with van der Waals surface area (Å²) in [7, 11) is 0. The van der Waals surface area contributed by atoms with E-state index in [9.17, 15) is 5.26 Å². The average Bonchev–Trinajstić information content (AvgIpc) is 3.79. The Hall–Kier alpha value is -6.57. The Kier molecular flexibility index (Phi) is 5.32. The first-order valence-electron chi connectivity index (χ1n) is 15.7. The van der Waals surface area contributed by atoms with Crippen LogP contribution < -0.4 is 0 Å². The van der Waals surface area contributed by atoms with Gasteiger partial charge in [0.25, 0.3) is 0 Å². The van der Waals surface area contributed by atoms with Crippen LogP contribution in [0.15, 0.2) is 156 Å². The Balaban J connectivity index is 1.20. The predicted molar refractivity (Wildman–Crippen MR) is 193 cm³/mol. The Labute approximate surface area is 269 Å². The fourth-order valence-electron chi connectivity index (χ4n) is 7.52. The molecule has 0 amide bonds. The molecule has 10 rings (SSSR count). The summed E-state index contributed by atoms with van der Waals surface area (Å²) >= 11 is 0. The van der Waals surface area contributed by atoms with Gasteiger partial charge in [-0.25, -0.2) is 0 Å². The van der Waals surface area contributed by atoms with Crippen LogP contribution in [-0.2, 0) is 0 Å². The minimum Gasteiger partial charge on any atom is -0.456 e. The molecule has 47 heavy (non-hydrogen) atoms. The van der Waals surface area contributed by atoms with E-state index in [1.54, 1.807) is 0 Å². The first-order chi connectivity index (χ1) is 23.3. The van der Waals surface area contributed by atoms with Gasteiger partial charge in [-0.2, -0.15) is 5.26 Å². The third-order valence-electron chi connectivity index (χ3n) is 9.52. The monoisotopic (exact) mass is 599 g/mol. The number of furan rings is 1. The molecule has 0 aliphatic carbocycles. The Morgan fingerprint density at radius 2 is 1.00 bits per heavy atom. The molecular formula is C43H25N3O. The summed E-state index contributed by atoms with van der Waals surface area (Å²) < 4.78 is 10.9. The van der Waals surface area contributed by atoms with E-state index in [0.29, 0.717) is 5.56 Å². The first kappa shape index (κ1) is 25.7. The van der Waals surface area contributed by atoms with E-state index in [1.165, 1.54) is 21.8 Å². The molecule has 0 aliphatic heterocycles. The van der Waals surface area contributed by atoms with Crippen molar-refractivity contribution in [3.63, 3.8) is 0 Å². The number of para-hydroxylation sites is 3. The predicted octanol–water partition coefficient (Wildman–Crippen LogP) is 11.3. The van der Waals surface area contributed by atoms with Gasteiger partial charge in [0, 0.05) is 43.7 Å². The van der Waals surface area contributed by atoms with Gasteiger partial charge in [0.1, 0.15) is 11.2 Å². The van der Waals surface area contributed by atoms with Gasteiger partial charge in [-0.15, -0.1) is 0 Å². The van der Waals surface area contributed by atoms with Crippen molar-refractivity contribution in [2.24, 2.45) is 0 Å². The van der Waals surface area contributed by atoms with Crippen molar-refractivity contribution in [2.75, 3.05) is 0 Å². The zero-order valence-electron chi connectivity index (χ0n) is 25.2. The second-order valence-electron chi connectivity index (χ2n) is 12.1. The van der Waals surface area contributed by atoms with E-state index in [1.807, 2.05) is 30.3 Å². The lowest BCUT2D eigenvalue weighted by Crippen LogP contribution is -1.96. The number of hydrogen-bond donors (Lipinski definition) is 0. The van der Waals surface area contributed by atoms with Gasteiger partial charge in [-0.1, -0.05) is 78.9 Å². The van der Waals surface area contributed by atoms with Crippen LogP contribution in [0.5, 0.6) is 0 Å². The molecule has 0 N–H and O–H groups in total. The fraction of sp³-hybridized carbons (Fsp3) is 0. The highest BCUT2D eigenvalue weighted by molar-refractivity contribution is 6.27. The average molecular weight is 600 g/mol. The number of aromatic nitrogens is 2. The van der Waals surface area contributed by atoms with Crippen molar-refractivity contribution in [1.82, 2.24) is 9.13 Å². The molecule has 3 heterocycles. The van der Waals surface area contributed by atoms with Gasteiger partial charge >= 0.3 is 0 Å². The van der Waals surface area contributed by atoms with Gasteiger partial charge in [0.2, 0.25) is 0 Å². The molecule has 7 aromatic carbocycles. The van der Waals surface area contributed by atoms with Crippen LogP contribution in [0.25, 0.3) is 88.1 Å². The van der Waals surface area contributed by atoms with E-state index in [-0.39, 0.29) is 0 Å². The summed E-state index contributed by atoms with van der Waals surface area (Å²) in [4.78, 5) is 0. The molecule has 0 atom stereocenters. The van der Waals surface area contributed by atoms with Crippen LogP contribution in [0.3, 0.4) is 0 Å². The summed E-state index contributed by atoms with van der Waals surface area (Å²) in [6.07, 6.45) is 0. The van der Waals surface area contributed by atoms with E-state index >= 15 is 0 Å². The maximum atomic E-state index is 9.83. The largest absolute Gasteiger partial charge is 0.456 e. The zero-order valence-corrected chi connectivity index (χ0v) is 25.2. The van der Waals surface area contributed by atoms with Gasteiger partial charge in [0.05, 0.1) is 33.7 Å². The van der Waals surface area contributed by atoms with Crippen LogP contribution in [0.1, 0.15) is 5.56 Å². The van der Waals surface area contributed by atoms with Gasteiger partial charge in [0.15, 0.2) is 0 Å². The lowest BCUT2D eigenvalue weighted by Gasteiger charge is -2.12. The lowest BCUT2D eigenvalue weighted by molar-refractivity contribution is 0.669. The summed E-state index contributed by atoms with van der Waals surface area (Å²) in [6, 6.07) is 55.5. The molecule has 0 radical (unpaired) electrons. The third kappa shape index (κ3) is 3.69. The topological polar surface area (TPSA) is 46.8 Å². The maximum absolute atomic E-state index is 9.83. The molecule has 0 bridgehead atoms. The third-order valence-corrected chi connectivity index (χ3v) is 9.52. The van der Waals surface area contributed by atoms with Crippen molar-refractivity contribution in [3.8, 4) is 28.6 Å². The minimum absolute atomic E-state index is 0.636. The molecule has 0 spiro atoms. The van der Waals surface area contributed by atoms with Crippen molar-refractivity contribution < 1.29 is 4.42 Å². The van der Waals surface area contributed by atoms with Crippen molar-refractivity contribution in [1.29, 1.82) is 5.26 Å². The van der Waals surface area contributed by atoms with Gasteiger partial charge < -0.3 is 13.6 Å².